The molecule has 0 aromatic heterocycles. The molecule has 410 valence electrons. The second-order valence-corrected chi connectivity index (χ2v) is 19.3. The molecular formula is C57H99NO13. The number of aliphatic hydroxyl groups excluding tert-OH is 8. The van der Waals surface area contributed by atoms with Gasteiger partial charge in [0.15, 0.2) is 12.6 Å². The van der Waals surface area contributed by atoms with Gasteiger partial charge in [-0.05, 0) is 64.2 Å². The standard InChI is InChI=1S/C57H99NO13/c1-3-5-7-9-10-11-12-13-14-15-16-17-18-19-20-21-22-23-24-25-26-27-28-29-30-31-32-33-34-35-36-37-39-41-49(62)58-45(46(61)40-38-8-6-4-2)44-68-56-54(67)52(65)55(48(43-60)70-56)71-57-53(66)51(64)50(63)47(42-59)69-57/h5,7,10-11,13-14,16-17,19-20,22-23,45-48,50-57,59-61,63-67H,3-4,6,8-9,12,15,18,21,24-44H2,1-2H3,(H,58,62)/b7-5-,11-10-,14-13-,17-16-,20-19-,23-22-. The molecule has 12 atom stereocenters. The second-order valence-electron chi connectivity index (χ2n) is 19.3. The molecule has 0 aromatic rings. The van der Waals surface area contributed by atoms with Gasteiger partial charge in [0.1, 0.15) is 48.8 Å². The number of ether oxygens (including phenoxy) is 4. The first-order valence-electron chi connectivity index (χ1n) is 27.7. The smallest absolute Gasteiger partial charge is 0.220 e. The predicted molar refractivity (Wildman–Crippen MR) is 281 cm³/mol. The lowest BCUT2D eigenvalue weighted by Crippen LogP contribution is -2.65. The van der Waals surface area contributed by atoms with Gasteiger partial charge in [-0.2, -0.15) is 0 Å². The van der Waals surface area contributed by atoms with E-state index in [1.54, 1.807) is 0 Å². The van der Waals surface area contributed by atoms with E-state index in [0.717, 1.165) is 89.9 Å². The third-order valence-electron chi connectivity index (χ3n) is 13.2. The van der Waals surface area contributed by atoms with Crippen molar-refractivity contribution in [1.29, 1.82) is 0 Å². The van der Waals surface area contributed by atoms with E-state index in [0.29, 0.717) is 12.8 Å². The lowest BCUT2D eigenvalue weighted by Gasteiger charge is -2.46. The quantitative estimate of drug-likeness (QED) is 0.0207. The summed E-state index contributed by atoms with van der Waals surface area (Å²) in [6, 6.07) is -0.827. The molecular weight excluding hydrogens is 907 g/mol. The zero-order chi connectivity index (χ0) is 51.7. The average Bonchev–Trinajstić information content (AvgIpc) is 3.37. The van der Waals surface area contributed by atoms with Crippen LogP contribution in [0.5, 0.6) is 0 Å². The normalized spacial score (nSPS) is 26.3. The number of carbonyl (C=O) groups excluding carboxylic acids is 1. The number of rotatable bonds is 42. The Morgan fingerprint density at radius 2 is 0.972 bits per heavy atom. The summed E-state index contributed by atoms with van der Waals surface area (Å²) in [6.45, 7) is 2.59. The van der Waals surface area contributed by atoms with Crippen LogP contribution in [0, 0.1) is 0 Å². The zero-order valence-electron chi connectivity index (χ0n) is 43.7. The predicted octanol–water partition coefficient (Wildman–Crippen LogP) is 8.38. The van der Waals surface area contributed by atoms with E-state index in [-0.39, 0.29) is 12.5 Å². The van der Waals surface area contributed by atoms with Crippen LogP contribution in [0.1, 0.15) is 187 Å². The second kappa shape index (κ2) is 42.8. The Morgan fingerprint density at radius 1 is 0.521 bits per heavy atom. The van der Waals surface area contributed by atoms with Crippen LogP contribution in [0.3, 0.4) is 0 Å². The Hall–Kier alpha value is -2.57. The van der Waals surface area contributed by atoms with Crippen molar-refractivity contribution in [3.8, 4) is 0 Å². The molecule has 0 aliphatic carbocycles. The summed E-state index contributed by atoms with van der Waals surface area (Å²) in [5.74, 6) is -0.220. The highest BCUT2D eigenvalue weighted by Crippen LogP contribution is 2.30. The first-order valence-corrected chi connectivity index (χ1v) is 27.7. The molecule has 0 aromatic carbocycles. The molecule has 12 unspecified atom stereocenters. The fourth-order valence-electron chi connectivity index (χ4n) is 8.71. The van der Waals surface area contributed by atoms with Crippen LogP contribution in [0.25, 0.3) is 0 Å². The van der Waals surface area contributed by atoms with Gasteiger partial charge in [-0.15, -0.1) is 0 Å². The minimum atomic E-state index is -1.78. The molecule has 0 radical (unpaired) electrons. The molecule has 2 heterocycles. The molecule has 2 aliphatic rings. The summed E-state index contributed by atoms with van der Waals surface area (Å²) in [7, 11) is 0. The Balaban J connectivity index is 1.55. The van der Waals surface area contributed by atoms with E-state index in [1.807, 2.05) is 0 Å². The minimum absolute atomic E-state index is 0.220. The molecule has 2 rings (SSSR count). The zero-order valence-corrected chi connectivity index (χ0v) is 43.7. The summed E-state index contributed by atoms with van der Waals surface area (Å²) < 4.78 is 22.6. The monoisotopic (exact) mass is 1010 g/mol. The van der Waals surface area contributed by atoms with Gasteiger partial charge < -0.3 is 65.1 Å². The van der Waals surface area contributed by atoms with Crippen LogP contribution in [0.4, 0.5) is 0 Å². The average molecular weight is 1010 g/mol. The highest BCUT2D eigenvalue weighted by molar-refractivity contribution is 5.76. The summed E-state index contributed by atoms with van der Waals surface area (Å²) >= 11 is 0. The van der Waals surface area contributed by atoms with Crippen LogP contribution in [0.2, 0.25) is 0 Å². The molecule has 14 heteroatoms. The topological polar surface area (TPSA) is 228 Å². The highest BCUT2D eigenvalue weighted by atomic mass is 16.7. The number of unbranched alkanes of at least 4 members (excludes halogenated alkanes) is 17. The SMILES string of the molecule is CC/C=C\C/C=C\C/C=C\C/C=C\C/C=C\C/C=C\CCCCCCCCCCCCCCCCC(=O)NC(COC1OC(CO)C(OC2OC(CO)C(O)C(O)C2O)C(O)C1O)C(O)CCCCCC. The Labute approximate surface area is 428 Å². The minimum Gasteiger partial charge on any atom is -0.394 e. The van der Waals surface area contributed by atoms with Gasteiger partial charge in [0.05, 0.1) is 32.0 Å². The summed E-state index contributed by atoms with van der Waals surface area (Å²) in [5.41, 5.74) is 0. The number of aliphatic hydroxyl groups is 8. The van der Waals surface area contributed by atoms with Crippen LogP contribution in [0.15, 0.2) is 72.9 Å². The molecule has 0 saturated carbocycles. The maximum Gasteiger partial charge on any atom is 0.220 e. The highest BCUT2D eigenvalue weighted by Gasteiger charge is 2.51. The summed E-state index contributed by atoms with van der Waals surface area (Å²) in [5, 5.41) is 86.3. The molecule has 2 fully saturated rings. The van der Waals surface area contributed by atoms with E-state index in [1.165, 1.54) is 70.6 Å². The number of allylic oxidation sites excluding steroid dienone is 12. The Bertz CT molecular complexity index is 1470. The van der Waals surface area contributed by atoms with Crippen molar-refractivity contribution in [2.24, 2.45) is 0 Å². The van der Waals surface area contributed by atoms with Crippen LogP contribution >= 0.6 is 0 Å². The van der Waals surface area contributed by atoms with E-state index in [9.17, 15) is 45.6 Å². The largest absolute Gasteiger partial charge is 0.394 e. The number of carbonyl (C=O) groups is 1. The fraction of sp³-hybridized carbons (Fsp3) is 0.772. The third-order valence-corrected chi connectivity index (χ3v) is 13.2. The van der Waals surface area contributed by atoms with Gasteiger partial charge in [0.25, 0.3) is 0 Å². The maximum absolute atomic E-state index is 13.1. The van der Waals surface area contributed by atoms with Crippen molar-refractivity contribution in [2.45, 2.75) is 261 Å². The Kier molecular flexibility index (Phi) is 38.9. The lowest BCUT2D eigenvalue weighted by molar-refractivity contribution is -0.359. The number of hydrogen-bond donors (Lipinski definition) is 9. The van der Waals surface area contributed by atoms with Gasteiger partial charge in [-0.25, -0.2) is 0 Å². The van der Waals surface area contributed by atoms with Crippen LogP contribution < -0.4 is 5.32 Å². The molecule has 71 heavy (non-hydrogen) atoms. The van der Waals surface area contributed by atoms with E-state index in [2.05, 4.69) is 92.1 Å². The number of hydrogen-bond acceptors (Lipinski definition) is 13. The van der Waals surface area contributed by atoms with Gasteiger partial charge in [0, 0.05) is 6.42 Å². The molecule has 2 saturated heterocycles. The Morgan fingerprint density at radius 3 is 1.48 bits per heavy atom. The van der Waals surface area contributed by atoms with Crippen molar-refractivity contribution < 1.29 is 64.6 Å². The van der Waals surface area contributed by atoms with Gasteiger partial charge in [-0.1, -0.05) is 189 Å². The van der Waals surface area contributed by atoms with Gasteiger partial charge >= 0.3 is 0 Å². The summed E-state index contributed by atoms with van der Waals surface area (Å²) in [6.07, 6.45) is 38.7. The van der Waals surface area contributed by atoms with Crippen molar-refractivity contribution in [3.05, 3.63) is 72.9 Å². The fourth-order valence-corrected chi connectivity index (χ4v) is 8.71. The lowest BCUT2D eigenvalue weighted by atomic mass is 9.97. The van der Waals surface area contributed by atoms with Crippen molar-refractivity contribution in [3.63, 3.8) is 0 Å². The van der Waals surface area contributed by atoms with Crippen molar-refractivity contribution in [2.75, 3.05) is 19.8 Å². The van der Waals surface area contributed by atoms with Gasteiger partial charge in [0.2, 0.25) is 5.91 Å². The third kappa shape index (κ3) is 29.2. The van der Waals surface area contributed by atoms with Crippen molar-refractivity contribution in [1.82, 2.24) is 5.32 Å². The van der Waals surface area contributed by atoms with E-state index < -0.39 is 86.8 Å². The van der Waals surface area contributed by atoms with Crippen LogP contribution in [-0.2, 0) is 23.7 Å². The van der Waals surface area contributed by atoms with E-state index >= 15 is 0 Å². The first kappa shape index (κ1) is 64.5. The number of amides is 1. The van der Waals surface area contributed by atoms with Gasteiger partial charge in [-0.3, -0.25) is 4.79 Å². The molecule has 9 N–H and O–H groups in total. The molecule has 0 spiro atoms. The molecule has 14 nitrogen and oxygen atoms in total. The number of nitrogens with one attached hydrogen (secondary N) is 1. The first-order chi connectivity index (χ1) is 34.6. The summed E-state index contributed by atoms with van der Waals surface area (Å²) in [4.78, 5) is 13.1. The molecule has 0 bridgehead atoms. The van der Waals surface area contributed by atoms with Crippen LogP contribution in [-0.4, -0.2) is 140 Å². The van der Waals surface area contributed by atoms with Crippen molar-refractivity contribution >= 4 is 5.91 Å². The molecule has 1 amide bonds. The molecule has 2 aliphatic heterocycles. The van der Waals surface area contributed by atoms with E-state index in [4.69, 9.17) is 18.9 Å². The maximum atomic E-state index is 13.1.